The second-order valence-electron chi connectivity index (χ2n) is 5.34. The monoisotopic (exact) mass is 343 g/mol. The summed E-state index contributed by atoms with van der Waals surface area (Å²) in [4.78, 5) is 24.5. The lowest BCUT2D eigenvalue weighted by Crippen LogP contribution is -2.37. The second-order valence-corrected chi connectivity index (χ2v) is 5.34. The number of ether oxygens (including phenoxy) is 2. The van der Waals surface area contributed by atoms with Gasteiger partial charge in [-0.15, -0.1) is 0 Å². The van der Waals surface area contributed by atoms with E-state index in [0.717, 1.165) is 11.3 Å². The normalized spacial score (nSPS) is 10.2. The van der Waals surface area contributed by atoms with Crippen molar-refractivity contribution < 1.29 is 24.2 Å². The summed E-state index contributed by atoms with van der Waals surface area (Å²) < 4.78 is 10.8. The zero-order valence-electron chi connectivity index (χ0n) is 13.8. The molecule has 132 valence electrons. The molecule has 0 atom stereocenters. The molecule has 2 aromatic rings. The molecular weight excluding hydrogens is 322 g/mol. The van der Waals surface area contributed by atoms with E-state index in [4.69, 9.17) is 14.6 Å². The van der Waals surface area contributed by atoms with Crippen molar-refractivity contribution in [2.45, 2.75) is 6.54 Å². The van der Waals surface area contributed by atoms with Gasteiger partial charge in [0.25, 0.3) is 0 Å². The van der Waals surface area contributed by atoms with Gasteiger partial charge in [0.15, 0.2) is 0 Å². The lowest BCUT2D eigenvalue weighted by atomic mass is 10.2. The minimum atomic E-state index is -1.06. The zero-order valence-corrected chi connectivity index (χ0v) is 13.8. The molecule has 0 unspecified atom stereocenters. The van der Waals surface area contributed by atoms with E-state index in [9.17, 15) is 9.59 Å². The molecule has 6 nitrogen and oxygen atoms in total. The van der Waals surface area contributed by atoms with E-state index in [1.807, 2.05) is 60.7 Å². The van der Waals surface area contributed by atoms with Gasteiger partial charge in [0.2, 0.25) is 5.91 Å². The summed E-state index contributed by atoms with van der Waals surface area (Å²) in [5.41, 5.74) is 0.865. The minimum absolute atomic E-state index is 0.182. The lowest BCUT2D eigenvalue weighted by Gasteiger charge is -2.20. The number of benzene rings is 2. The van der Waals surface area contributed by atoms with E-state index in [0.29, 0.717) is 6.61 Å². The molecule has 0 aliphatic rings. The fourth-order valence-electron chi connectivity index (χ4n) is 2.19. The van der Waals surface area contributed by atoms with Crippen molar-refractivity contribution in [2.24, 2.45) is 0 Å². The second kappa shape index (κ2) is 10.1. The highest BCUT2D eigenvalue weighted by atomic mass is 16.5. The van der Waals surface area contributed by atoms with Gasteiger partial charge in [0.1, 0.15) is 25.5 Å². The SMILES string of the molecule is O=C(O)CN(Cc1ccccc1)C(=O)COCCOc1ccccc1. The number of aliphatic carboxylic acids is 1. The molecule has 0 spiro atoms. The number of amides is 1. The average Bonchev–Trinajstić information content (AvgIpc) is 2.62. The van der Waals surface area contributed by atoms with Crippen molar-refractivity contribution in [2.75, 3.05) is 26.4 Å². The molecule has 0 aliphatic heterocycles. The van der Waals surface area contributed by atoms with Crippen LogP contribution in [0.5, 0.6) is 5.75 Å². The number of carboxylic acids is 1. The molecule has 0 saturated carbocycles. The van der Waals surface area contributed by atoms with E-state index in [1.165, 1.54) is 4.90 Å². The molecule has 6 heteroatoms. The van der Waals surface area contributed by atoms with Gasteiger partial charge in [-0.3, -0.25) is 9.59 Å². The standard InChI is InChI=1S/C19H21NO5/c21-18(15-24-11-12-25-17-9-5-2-6-10-17)20(14-19(22)23)13-16-7-3-1-4-8-16/h1-10H,11-15H2,(H,22,23). The fourth-order valence-corrected chi connectivity index (χ4v) is 2.19. The first-order chi connectivity index (χ1) is 12.1. The summed E-state index contributed by atoms with van der Waals surface area (Å²) in [6, 6.07) is 18.5. The third-order valence-corrected chi connectivity index (χ3v) is 3.36. The summed E-state index contributed by atoms with van der Waals surface area (Å²) in [7, 11) is 0. The Morgan fingerprint density at radius 1 is 0.920 bits per heavy atom. The van der Waals surface area contributed by atoms with Gasteiger partial charge in [-0.1, -0.05) is 48.5 Å². The third-order valence-electron chi connectivity index (χ3n) is 3.36. The quantitative estimate of drug-likeness (QED) is 0.669. The maximum absolute atomic E-state index is 12.2. The number of carbonyl (C=O) groups is 2. The van der Waals surface area contributed by atoms with Crippen LogP contribution in [0.4, 0.5) is 0 Å². The molecule has 1 N–H and O–H groups in total. The van der Waals surface area contributed by atoms with Crippen LogP contribution >= 0.6 is 0 Å². The number of rotatable bonds is 10. The molecule has 0 bridgehead atoms. The largest absolute Gasteiger partial charge is 0.491 e. The van der Waals surface area contributed by atoms with Crippen LogP contribution in [0.25, 0.3) is 0 Å². The zero-order chi connectivity index (χ0) is 17.9. The third kappa shape index (κ3) is 7.05. The molecule has 0 heterocycles. The topological polar surface area (TPSA) is 76.1 Å². The van der Waals surface area contributed by atoms with Crippen LogP contribution in [0.3, 0.4) is 0 Å². The Bertz CT molecular complexity index is 660. The van der Waals surface area contributed by atoms with Crippen LogP contribution in [0.15, 0.2) is 60.7 Å². The molecule has 0 fully saturated rings. The minimum Gasteiger partial charge on any atom is -0.491 e. The first-order valence-electron chi connectivity index (χ1n) is 7.94. The van der Waals surface area contributed by atoms with Crippen molar-refractivity contribution in [3.05, 3.63) is 66.2 Å². The molecular formula is C19H21NO5. The van der Waals surface area contributed by atoms with E-state index >= 15 is 0 Å². The Hall–Kier alpha value is -2.86. The van der Waals surface area contributed by atoms with Gasteiger partial charge in [-0.2, -0.15) is 0 Å². The van der Waals surface area contributed by atoms with Crippen LogP contribution in [0.1, 0.15) is 5.56 Å². The first-order valence-corrected chi connectivity index (χ1v) is 7.94. The van der Waals surface area contributed by atoms with Crippen molar-refractivity contribution in [3.63, 3.8) is 0 Å². The Kier molecular flexibility index (Phi) is 7.46. The van der Waals surface area contributed by atoms with Crippen molar-refractivity contribution in [3.8, 4) is 5.75 Å². The predicted octanol–water partition coefficient (Wildman–Crippen LogP) is 2.20. The number of carbonyl (C=O) groups excluding carboxylic acids is 1. The maximum atomic E-state index is 12.2. The summed E-state index contributed by atoms with van der Waals surface area (Å²) in [6.07, 6.45) is 0. The summed E-state index contributed by atoms with van der Waals surface area (Å²) in [6.45, 7) is 0.244. The maximum Gasteiger partial charge on any atom is 0.323 e. The number of hydrogen-bond donors (Lipinski definition) is 1. The van der Waals surface area contributed by atoms with Gasteiger partial charge in [-0.25, -0.2) is 0 Å². The molecule has 0 radical (unpaired) electrons. The fraction of sp³-hybridized carbons (Fsp3) is 0.263. The first kappa shape index (κ1) is 18.5. The van der Waals surface area contributed by atoms with E-state index in [1.54, 1.807) is 0 Å². The molecule has 0 aliphatic carbocycles. The number of nitrogens with zero attached hydrogens (tertiary/aromatic N) is 1. The number of carboxylic acid groups (broad SMARTS) is 1. The number of para-hydroxylation sites is 1. The van der Waals surface area contributed by atoms with Crippen LogP contribution < -0.4 is 4.74 Å². The Labute approximate surface area is 146 Å². The summed E-state index contributed by atoms with van der Waals surface area (Å²) in [5, 5.41) is 8.99. The van der Waals surface area contributed by atoms with Crippen molar-refractivity contribution >= 4 is 11.9 Å². The van der Waals surface area contributed by atoms with Gasteiger partial charge in [0, 0.05) is 6.54 Å². The molecule has 2 rings (SSSR count). The molecule has 1 amide bonds. The lowest BCUT2D eigenvalue weighted by molar-refractivity contribution is -0.147. The van der Waals surface area contributed by atoms with Gasteiger partial charge in [-0.05, 0) is 17.7 Å². The van der Waals surface area contributed by atoms with E-state index < -0.39 is 5.97 Å². The average molecular weight is 343 g/mol. The summed E-state index contributed by atoms with van der Waals surface area (Å²) in [5.74, 6) is -0.698. The highest BCUT2D eigenvalue weighted by Crippen LogP contribution is 2.08. The van der Waals surface area contributed by atoms with Crippen LogP contribution in [-0.4, -0.2) is 48.2 Å². The molecule has 2 aromatic carbocycles. The molecule has 25 heavy (non-hydrogen) atoms. The van der Waals surface area contributed by atoms with Gasteiger partial charge in [0.05, 0.1) is 6.61 Å². The van der Waals surface area contributed by atoms with Crippen molar-refractivity contribution in [1.82, 2.24) is 4.90 Å². The van der Waals surface area contributed by atoms with Crippen LogP contribution in [0.2, 0.25) is 0 Å². The highest BCUT2D eigenvalue weighted by molar-refractivity contribution is 5.82. The van der Waals surface area contributed by atoms with Gasteiger partial charge >= 0.3 is 5.97 Å². The summed E-state index contributed by atoms with van der Waals surface area (Å²) >= 11 is 0. The smallest absolute Gasteiger partial charge is 0.323 e. The Morgan fingerprint density at radius 2 is 1.56 bits per heavy atom. The number of hydrogen-bond acceptors (Lipinski definition) is 4. The van der Waals surface area contributed by atoms with Gasteiger partial charge < -0.3 is 19.5 Å². The van der Waals surface area contributed by atoms with Crippen molar-refractivity contribution in [1.29, 1.82) is 0 Å². The molecule has 0 saturated heterocycles. The molecule has 0 aromatic heterocycles. The van der Waals surface area contributed by atoms with E-state index in [2.05, 4.69) is 0 Å². The predicted molar refractivity (Wildman–Crippen MR) is 92.3 cm³/mol. The van der Waals surface area contributed by atoms with Crippen LogP contribution in [-0.2, 0) is 20.9 Å². The van der Waals surface area contributed by atoms with Crippen LogP contribution in [0, 0.1) is 0 Å². The Morgan fingerprint density at radius 3 is 2.20 bits per heavy atom. The Balaban J connectivity index is 1.75. The highest BCUT2D eigenvalue weighted by Gasteiger charge is 2.17. The van der Waals surface area contributed by atoms with E-state index in [-0.39, 0.29) is 32.2 Å².